The van der Waals surface area contributed by atoms with Crippen molar-refractivity contribution in [3.8, 4) is 0 Å². The van der Waals surface area contributed by atoms with E-state index in [1.165, 1.54) is 17.2 Å². The Labute approximate surface area is 197 Å². The van der Waals surface area contributed by atoms with Crippen LogP contribution in [0.3, 0.4) is 0 Å². The van der Waals surface area contributed by atoms with E-state index >= 15 is 0 Å². The predicted molar refractivity (Wildman–Crippen MR) is 132 cm³/mol. The van der Waals surface area contributed by atoms with Gasteiger partial charge in [-0.2, -0.15) is 0 Å². The molecule has 0 saturated heterocycles. The average molecular weight is 448 g/mol. The van der Waals surface area contributed by atoms with Gasteiger partial charge in [-0.15, -0.1) is 0 Å². The molecule has 1 aromatic rings. The molecule has 0 amide bonds. The number of hydrogen-bond donors (Lipinski definition) is 2. The molecule has 0 spiro atoms. The normalized spacial score (nSPS) is 32.2. The van der Waals surface area contributed by atoms with Crippen LogP contribution in [0, 0.1) is 22.7 Å². The van der Waals surface area contributed by atoms with E-state index in [4.69, 9.17) is 0 Å². The van der Waals surface area contributed by atoms with Crippen molar-refractivity contribution in [2.45, 2.75) is 66.2 Å². The van der Waals surface area contributed by atoms with E-state index < -0.39 is 5.78 Å². The summed E-state index contributed by atoms with van der Waals surface area (Å²) in [6.45, 7) is 9.71. The number of Topliss-reactive ketones (excluding diaryl/α,β-unsaturated/α-hetero) is 1. The molecule has 2 N–H and O–H groups in total. The zero-order valence-corrected chi connectivity index (χ0v) is 20.4. The van der Waals surface area contributed by atoms with Crippen LogP contribution in [0.4, 0.5) is 0 Å². The Hall–Kier alpha value is -2.62. The van der Waals surface area contributed by atoms with Crippen LogP contribution < -0.4 is 5.32 Å². The number of aliphatic hydroxyl groups excluding tert-OH is 1. The molecular weight excluding hydrogens is 410 g/mol. The minimum atomic E-state index is -0.471. The molecule has 1 fully saturated rings. The zero-order chi connectivity index (χ0) is 23.8. The number of allylic oxidation sites excluding steroid dienone is 4. The molecule has 0 unspecified atom stereocenters. The standard InChI is InChI=1S/C29H37NO3/c1-19-9-8-12-25-28(19,3)15-13-20(2)29(25,4)18-22-26(32)23(17-24(31)27(22)33)30-16-14-21-10-6-5-7-11-21/h5-7,9-11,17,20,25,30,33H,8,12-16,18H2,1-4H3/t20-,25+,28+,29+/m0/s1. The van der Waals surface area contributed by atoms with Gasteiger partial charge in [-0.05, 0) is 73.7 Å². The maximum absolute atomic E-state index is 13.4. The predicted octanol–water partition coefficient (Wildman–Crippen LogP) is 5.86. The molecule has 0 bridgehead atoms. The Morgan fingerprint density at radius 3 is 2.58 bits per heavy atom. The summed E-state index contributed by atoms with van der Waals surface area (Å²) in [4.78, 5) is 26.1. The number of nitrogens with one attached hydrogen (secondary N) is 1. The van der Waals surface area contributed by atoms with Crippen molar-refractivity contribution >= 4 is 11.6 Å². The van der Waals surface area contributed by atoms with Gasteiger partial charge in [0.1, 0.15) is 0 Å². The lowest BCUT2D eigenvalue weighted by molar-refractivity contribution is -0.118. The number of rotatable bonds is 6. The van der Waals surface area contributed by atoms with Crippen molar-refractivity contribution in [2.75, 3.05) is 6.54 Å². The maximum Gasteiger partial charge on any atom is 0.222 e. The third-order valence-corrected chi connectivity index (χ3v) is 9.04. The van der Waals surface area contributed by atoms with Gasteiger partial charge in [0.2, 0.25) is 11.6 Å². The number of benzene rings is 1. The second-order valence-electron chi connectivity index (χ2n) is 10.8. The minimum Gasteiger partial charge on any atom is -0.504 e. The van der Waals surface area contributed by atoms with E-state index in [0.717, 1.165) is 32.1 Å². The molecule has 0 radical (unpaired) electrons. The molecule has 4 nitrogen and oxygen atoms in total. The maximum atomic E-state index is 13.4. The molecule has 1 aromatic carbocycles. The molecule has 0 aromatic heterocycles. The molecular formula is C29H37NO3. The largest absolute Gasteiger partial charge is 0.504 e. The van der Waals surface area contributed by atoms with Crippen LogP contribution in [-0.4, -0.2) is 23.2 Å². The van der Waals surface area contributed by atoms with Gasteiger partial charge in [0, 0.05) is 18.2 Å². The quantitative estimate of drug-likeness (QED) is 0.424. The number of carbonyl (C=O) groups is 2. The summed E-state index contributed by atoms with van der Waals surface area (Å²) in [6.07, 6.45) is 9.21. The number of carbonyl (C=O) groups excluding carboxylic acids is 2. The smallest absolute Gasteiger partial charge is 0.222 e. The van der Waals surface area contributed by atoms with Crippen LogP contribution >= 0.6 is 0 Å². The number of ketones is 2. The second kappa shape index (κ2) is 8.96. The first kappa shape index (κ1) is 23.5. The van der Waals surface area contributed by atoms with E-state index in [9.17, 15) is 14.7 Å². The van der Waals surface area contributed by atoms with Crippen molar-refractivity contribution < 1.29 is 14.7 Å². The van der Waals surface area contributed by atoms with Crippen LogP contribution in [-0.2, 0) is 16.0 Å². The van der Waals surface area contributed by atoms with Gasteiger partial charge in [-0.25, -0.2) is 0 Å². The van der Waals surface area contributed by atoms with Crippen molar-refractivity contribution in [3.63, 3.8) is 0 Å². The third kappa shape index (κ3) is 4.20. The lowest BCUT2D eigenvalue weighted by atomic mass is 9.46. The summed E-state index contributed by atoms with van der Waals surface area (Å²) in [7, 11) is 0. The SMILES string of the molecule is CC1=CCC[C@H]2[C@](C)(CC3=C(O)C(=O)C=C(NCCc4ccccc4)C3=O)[C@@H](C)CC[C@]12C. The van der Waals surface area contributed by atoms with Gasteiger partial charge in [0.25, 0.3) is 0 Å². The van der Waals surface area contributed by atoms with Crippen molar-refractivity contribution in [3.05, 3.63) is 70.6 Å². The molecule has 176 valence electrons. The van der Waals surface area contributed by atoms with E-state index in [2.05, 4.69) is 39.1 Å². The van der Waals surface area contributed by atoms with Crippen LogP contribution in [0.15, 0.2) is 65.1 Å². The molecule has 33 heavy (non-hydrogen) atoms. The summed E-state index contributed by atoms with van der Waals surface area (Å²) in [5.74, 6) is -0.241. The zero-order valence-electron chi connectivity index (χ0n) is 20.4. The number of fused-ring (bicyclic) bond motifs is 1. The first-order chi connectivity index (χ1) is 15.7. The van der Waals surface area contributed by atoms with Crippen molar-refractivity contribution in [1.29, 1.82) is 0 Å². The summed E-state index contributed by atoms with van der Waals surface area (Å²) in [5, 5.41) is 13.9. The number of aliphatic hydroxyl groups is 1. The Balaban J connectivity index is 1.55. The average Bonchev–Trinajstić information content (AvgIpc) is 2.80. The van der Waals surface area contributed by atoms with Crippen LogP contribution in [0.2, 0.25) is 0 Å². The first-order valence-electron chi connectivity index (χ1n) is 12.3. The summed E-state index contributed by atoms with van der Waals surface area (Å²) in [5.41, 5.74) is 3.17. The highest BCUT2D eigenvalue weighted by atomic mass is 16.3. The topological polar surface area (TPSA) is 66.4 Å². The fraction of sp³-hybridized carbons (Fsp3) is 0.517. The second-order valence-corrected chi connectivity index (χ2v) is 10.8. The highest BCUT2D eigenvalue weighted by Crippen LogP contribution is 2.62. The van der Waals surface area contributed by atoms with E-state index in [1.54, 1.807) is 0 Å². The highest BCUT2D eigenvalue weighted by Gasteiger charge is 2.54. The lowest BCUT2D eigenvalue weighted by Crippen LogP contribution is -2.50. The van der Waals surface area contributed by atoms with E-state index in [-0.39, 0.29) is 27.9 Å². The van der Waals surface area contributed by atoms with Gasteiger partial charge >= 0.3 is 0 Å². The van der Waals surface area contributed by atoms with Gasteiger partial charge in [0.15, 0.2) is 5.76 Å². The van der Waals surface area contributed by atoms with Crippen LogP contribution in [0.25, 0.3) is 0 Å². The number of hydrogen-bond acceptors (Lipinski definition) is 4. The monoisotopic (exact) mass is 447 g/mol. The molecule has 4 atom stereocenters. The molecule has 3 aliphatic rings. The van der Waals surface area contributed by atoms with Gasteiger partial charge < -0.3 is 10.4 Å². The van der Waals surface area contributed by atoms with Gasteiger partial charge in [0.05, 0.1) is 5.70 Å². The van der Waals surface area contributed by atoms with Crippen LogP contribution in [0.1, 0.15) is 65.4 Å². The fourth-order valence-corrected chi connectivity index (χ4v) is 6.56. The Bertz CT molecular complexity index is 1030. The summed E-state index contributed by atoms with van der Waals surface area (Å²) < 4.78 is 0. The Morgan fingerprint density at radius 1 is 1.12 bits per heavy atom. The first-order valence-corrected chi connectivity index (χ1v) is 12.3. The Morgan fingerprint density at radius 2 is 1.85 bits per heavy atom. The molecule has 4 rings (SSSR count). The third-order valence-electron chi connectivity index (χ3n) is 9.04. The summed E-state index contributed by atoms with van der Waals surface area (Å²) >= 11 is 0. The molecule has 3 aliphatic carbocycles. The molecule has 1 saturated carbocycles. The highest BCUT2D eigenvalue weighted by molar-refractivity contribution is 6.21. The van der Waals surface area contributed by atoms with Crippen LogP contribution in [0.5, 0.6) is 0 Å². The molecule has 4 heteroatoms. The molecule has 0 heterocycles. The van der Waals surface area contributed by atoms with E-state index in [1.807, 2.05) is 30.3 Å². The van der Waals surface area contributed by atoms with E-state index in [0.29, 0.717) is 30.5 Å². The molecule has 0 aliphatic heterocycles. The van der Waals surface area contributed by atoms with Gasteiger partial charge in [-0.1, -0.05) is 62.8 Å². The summed E-state index contributed by atoms with van der Waals surface area (Å²) in [6, 6.07) is 10.0. The lowest BCUT2D eigenvalue weighted by Gasteiger charge is -2.58. The van der Waals surface area contributed by atoms with Crippen molar-refractivity contribution in [1.82, 2.24) is 5.32 Å². The Kier molecular flexibility index (Phi) is 6.39. The van der Waals surface area contributed by atoms with Gasteiger partial charge in [-0.3, -0.25) is 9.59 Å². The minimum absolute atomic E-state index is 0.115. The van der Waals surface area contributed by atoms with Crippen molar-refractivity contribution in [2.24, 2.45) is 22.7 Å². The fourth-order valence-electron chi connectivity index (χ4n) is 6.56.